The van der Waals surface area contributed by atoms with Crippen molar-refractivity contribution in [3.63, 3.8) is 0 Å². The van der Waals surface area contributed by atoms with E-state index in [4.69, 9.17) is 9.47 Å². The van der Waals surface area contributed by atoms with Crippen LogP contribution in [0.15, 0.2) is 48.8 Å². The average Bonchev–Trinajstić information content (AvgIpc) is 3.18. The highest BCUT2D eigenvalue weighted by atomic mass is 16.5. The van der Waals surface area contributed by atoms with Crippen LogP contribution < -0.4 is 0 Å². The molecule has 0 saturated carbocycles. The fourth-order valence-corrected chi connectivity index (χ4v) is 5.58. The van der Waals surface area contributed by atoms with Gasteiger partial charge < -0.3 is 14.4 Å². The summed E-state index contributed by atoms with van der Waals surface area (Å²) in [5.41, 5.74) is 5.39. The highest BCUT2D eigenvalue weighted by molar-refractivity contribution is 5.88. The Balaban J connectivity index is 1.42. The molecule has 4 heterocycles. The van der Waals surface area contributed by atoms with Gasteiger partial charge in [0.05, 0.1) is 24.1 Å². The molecule has 2 aliphatic rings. The van der Waals surface area contributed by atoms with E-state index >= 15 is 0 Å². The molecule has 2 aromatic heterocycles. The zero-order valence-electron chi connectivity index (χ0n) is 19.6. The van der Waals surface area contributed by atoms with Crippen molar-refractivity contribution >= 4 is 11.4 Å². The lowest BCUT2D eigenvalue weighted by atomic mass is 9.72. The quantitative estimate of drug-likeness (QED) is 0.612. The number of hydrogen-bond acceptors (Lipinski definition) is 4. The molecule has 174 valence electrons. The van der Waals surface area contributed by atoms with Gasteiger partial charge in [-0.15, -0.1) is 0 Å². The molecule has 3 aromatic rings. The van der Waals surface area contributed by atoms with Crippen LogP contribution in [0.2, 0.25) is 0 Å². The number of fused-ring (bicyclic) bond motifs is 1. The minimum Gasteiger partial charge on any atom is -0.381 e. The summed E-state index contributed by atoms with van der Waals surface area (Å²) in [7, 11) is 0. The zero-order valence-corrected chi connectivity index (χ0v) is 19.6. The lowest BCUT2D eigenvalue weighted by molar-refractivity contribution is -0.141. The maximum absolute atomic E-state index is 14.2. The van der Waals surface area contributed by atoms with E-state index < -0.39 is 5.41 Å². The van der Waals surface area contributed by atoms with Gasteiger partial charge in [-0.3, -0.25) is 4.79 Å². The SMILES string of the molecule is Cc1cc(C)cc(C2(C(=O)N3CCOC[C@H](Cc4cccn5nccc45)C3)CCOCC2)c1. The number of nitrogens with zero attached hydrogens (tertiary/aromatic N) is 3. The lowest BCUT2D eigenvalue weighted by Crippen LogP contribution is -2.51. The standard InChI is InChI=1S/C27H33N3O3/c1-20-14-21(2)16-24(15-20)27(6-11-32-12-7-27)26(31)29-10-13-33-19-22(18-29)17-23-4-3-9-30-25(23)5-8-28-30/h3-5,8-9,14-16,22H,6-7,10-13,17-19H2,1-2H3/t22-/m1/s1. The van der Waals surface area contributed by atoms with Crippen molar-refractivity contribution in [2.75, 3.05) is 39.5 Å². The van der Waals surface area contributed by atoms with E-state index in [9.17, 15) is 4.79 Å². The van der Waals surface area contributed by atoms with Crippen molar-refractivity contribution < 1.29 is 14.3 Å². The van der Waals surface area contributed by atoms with Crippen molar-refractivity contribution in [3.8, 4) is 0 Å². The second kappa shape index (κ2) is 9.27. The Kier molecular flexibility index (Phi) is 6.21. The molecule has 33 heavy (non-hydrogen) atoms. The predicted molar refractivity (Wildman–Crippen MR) is 127 cm³/mol. The number of aryl methyl sites for hydroxylation is 2. The molecule has 1 amide bonds. The van der Waals surface area contributed by atoms with Crippen LogP contribution in [-0.4, -0.2) is 59.9 Å². The van der Waals surface area contributed by atoms with Crippen LogP contribution in [0.5, 0.6) is 0 Å². The van der Waals surface area contributed by atoms with E-state index in [0.717, 1.165) is 30.3 Å². The lowest BCUT2D eigenvalue weighted by Gasteiger charge is -2.40. The first kappa shape index (κ1) is 22.1. The number of pyridine rings is 1. The summed E-state index contributed by atoms with van der Waals surface area (Å²) in [6.07, 6.45) is 6.12. The predicted octanol–water partition coefficient (Wildman–Crippen LogP) is 3.72. The smallest absolute Gasteiger partial charge is 0.233 e. The van der Waals surface area contributed by atoms with E-state index in [1.807, 2.05) is 29.0 Å². The molecule has 1 aromatic carbocycles. The van der Waals surface area contributed by atoms with Crippen molar-refractivity contribution in [1.82, 2.24) is 14.5 Å². The molecule has 0 bridgehead atoms. The number of carbonyl (C=O) groups is 1. The van der Waals surface area contributed by atoms with E-state index in [0.29, 0.717) is 39.5 Å². The Labute approximate surface area is 195 Å². The van der Waals surface area contributed by atoms with Gasteiger partial charge in [-0.25, -0.2) is 4.52 Å². The van der Waals surface area contributed by atoms with Crippen LogP contribution in [0, 0.1) is 19.8 Å². The number of benzene rings is 1. The second-order valence-electron chi connectivity index (χ2n) is 9.66. The van der Waals surface area contributed by atoms with Gasteiger partial charge in [0, 0.05) is 44.6 Å². The molecular formula is C27H33N3O3. The molecule has 0 radical (unpaired) electrons. The highest BCUT2D eigenvalue weighted by Crippen LogP contribution is 2.38. The summed E-state index contributed by atoms with van der Waals surface area (Å²) in [5, 5.41) is 4.36. The minimum absolute atomic E-state index is 0.230. The zero-order chi connectivity index (χ0) is 22.8. The first-order valence-corrected chi connectivity index (χ1v) is 12.0. The van der Waals surface area contributed by atoms with Gasteiger partial charge in [-0.2, -0.15) is 5.10 Å². The van der Waals surface area contributed by atoms with Gasteiger partial charge in [-0.1, -0.05) is 35.4 Å². The molecule has 6 heteroatoms. The first-order valence-electron chi connectivity index (χ1n) is 12.0. The van der Waals surface area contributed by atoms with Gasteiger partial charge in [0.25, 0.3) is 0 Å². The number of aromatic nitrogens is 2. The van der Waals surface area contributed by atoms with Crippen LogP contribution in [0.4, 0.5) is 0 Å². The van der Waals surface area contributed by atoms with E-state index in [2.05, 4.69) is 48.1 Å². The molecule has 0 aliphatic carbocycles. The third-order valence-corrected chi connectivity index (χ3v) is 7.19. The van der Waals surface area contributed by atoms with Crippen LogP contribution in [0.25, 0.3) is 5.52 Å². The number of carbonyl (C=O) groups excluding carboxylic acids is 1. The minimum atomic E-state index is -0.518. The average molecular weight is 448 g/mol. The van der Waals surface area contributed by atoms with E-state index in [1.165, 1.54) is 16.7 Å². The Morgan fingerprint density at radius 2 is 1.88 bits per heavy atom. The molecule has 5 rings (SSSR count). The van der Waals surface area contributed by atoms with Crippen LogP contribution >= 0.6 is 0 Å². The van der Waals surface area contributed by atoms with Gasteiger partial charge in [0.1, 0.15) is 0 Å². The summed E-state index contributed by atoms with van der Waals surface area (Å²) < 4.78 is 13.6. The molecule has 0 N–H and O–H groups in total. The molecule has 2 saturated heterocycles. The Hall–Kier alpha value is -2.70. The van der Waals surface area contributed by atoms with Gasteiger partial charge >= 0.3 is 0 Å². The summed E-state index contributed by atoms with van der Waals surface area (Å²) in [4.78, 5) is 16.3. The summed E-state index contributed by atoms with van der Waals surface area (Å²) in [6, 6.07) is 12.8. The van der Waals surface area contributed by atoms with Crippen LogP contribution in [0.1, 0.15) is 35.1 Å². The summed E-state index contributed by atoms with van der Waals surface area (Å²) >= 11 is 0. The number of amides is 1. The number of rotatable bonds is 4. The Morgan fingerprint density at radius 3 is 2.67 bits per heavy atom. The van der Waals surface area contributed by atoms with Gasteiger partial charge in [0.2, 0.25) is 5.91 Å². The summed E-state index contributed by atoms with van der Waals surface area (Å²) in [5.74, 6) is 0.475. The van der Waals surface area contributed by atoms with Gasteiger partial charge in [-0.05, 0) is 56.4 Å². The molecule has 0 unspecified atom stereocenters. The molecule has 6 nitrogen and oxygen atoms in total. The molecule has 0 spiro atoms. The fraction of sp³-hybridized carbons (Fsp3) is 0.481. The molecule has 2 aliphatic heterocycles. The maximum Gasteiger partial charge on any atom is 0.233 e. The van der Waals surface area contributed by atoms with Crippen LogP contribution in [-0.2, 0) is 26.1 Å². The maximum atomic E-state index is 14.2. The third kappa shape index (κ3) is 4.42. The summed E-state index contributed by atoms with van der Waals surface area (Å²) in [6.45, 7) is 8.06. The van der Waals surface area contributed by atoms with Crippen molar-refractivity contribution in [2.45, 2.75) is 38.5 Å². The number of ether oxygens (including phenoxy) is 2. The number of hydrogen-bond donors (Lipinski definition) is 0. The topological polar surface area (TPSA) is 56.1 Å². The first-order chi connectivity index (χ1) is 16.0. The van der Waals surface area contributed by atoms with Crippen molar-refractivity contribution in [2.24, 2.45) is 5.92 Å². The molecular weight excluding hydrogens is 414 g/mol. The Bertz CT molecular complexity index is 1110. The molecule has 2 fully saturated rings. The third-order valence-electron chi connectivity index (χ3n) is 7.19. The van der Waals surface area contributed by atoms with E-state index in [-0.39, 0.29) is 11.8 Å². The molecule has 1 atom stereocenters. The normalized spacial score (nSPS) is 21.2. The highest BCUT2D eigenvalue weighted by Gasteiger charge is 2.44. The van der Waals surface area contributed by atoms with Crippen molar-refractivity contribution in [1.29, 1.82) is 0 Å². The Morgan fingerprint density at radius 1 is 1.09 bits per heavy atom. The second-order valence-corrected chi connectivity index (χ2v) is 9.66. The van der Waals surface area contributed by atoms with Crippen molar-refractivity contribution in [3.05, 3.63) is 71.0 Å². The largest absolute Gasteiger partial charge is 0.381 e. The fourth-order valence-electron chi connectivity index (χ4n) is 5.58. The van der Waals surface area contributed by atoms with Gasteiger partial charge in [0.15, 0.2) is 0 Å². The van der Waals surface area contributed by atoms with Crippen LogP contribution in [0.3, 0.4) is 0 Å². The monoisotopic (exact) mass is 447 g/mol. The van der Waals surface area contributed by atoms with E-state index in [1.54, 1.807) is 0 Å².